The van der Waals surface area contributed by atoms with Crippen molar-refractivity contribution in [1.82, 2.24) is 14.9 Å². The number of hydrogen-bond acceptors (Lipinski definition) is 6. The van der Waals surface area contributed by atoms with Gasteiger partial charge >= 0.3 is 5.97 Å². The standard InChI is InChI=1S/C19H24N4O3/c1-5-23(6-2)18(24)16-12-17(21-13(4)20-16)22-15-11-9-8-10-14(15)19(25)26-7-3/h8-12H,5-7H2,1-4H3,(H,20,21,22). The van der Waals surface area contributed by atoms with Crippen LogP contribution >= 0.6 is 0 Å². The van der Waals surface area contributed by atoms with Crippen molar-refractivity contribution in [3.63, 3.8) is 0 Å². The quantitative estimate of drug-likeness (QED) is 0.767. The Morgan fingerprint density at radius 3 is 2.46 bits per heavy atom. The van der Waals surface area contributed by atoms with Crippen molar-refractivity contribution in [2.75, 3.05) is 25.0 Å². The Morgan fingerprint density at radius 2 is 1.81 bits per heavy atom. The number of para-hydroxylation sites is 1. The monoisotopic (exact) mass is 356 g/mol. The normalized spacial score (nSPS) is 10.3. The van der Waals surface area contributed by atoms with Crippen LogP contribution in [0.4, 0.5) is 11.5 Å². The van der Waals surface area contributed by atoms with Crippen molar-refractivity contribution in [1.29, 1.82) is 0 Å². The summed E-state index contributed by atoms with van der Waals surface area (Å²) in [7, 11) is 0. The zero-order valence-corrected chi connectivity index (χ0v) is 15.6. The van der Waals surface area contributed by atoms with E-state index in [4.69, 9.17) is 4.74 Å². The number of carbonyl (C=O) groups is 2. The molecular weight excluding hydrogens is 332 g/mol. The van der Waals surface area contributed by atoms with Crippen molar-refractivity contribution < 1.29 is 14.3 Å². The Bertz CT molecular complexity index is 788. The Labute approximate surface area is 153 Å². The highest BCUT2D eigenvalue weighted by Crippen LogP contribution is 2.21. The molecule has 0 spiro atoms. The zero-order valence-electron chi connectivity index (χ0n) is 15.6. The van der Waals surface area contributed by atoms with Crippen molar-refractivity contribution in [3.05, 3.63) is 47.4 Å². The summed E-state index contributed by atoms with van der Waals surface area (Å²) in [4.78, 5) is 34.9. The highest BCUT2D eigenvalue weighted by molar-refractivity contribution is 5.97. The number of benzene rings is 1. The Balaban J connectivity index is 2.34. The van der Waals surface area contributed by atoms with Crippen molar-refractivity contribution in [2.24, 2.45) is 0 Å². The molecule has 2 rings (SSSR count). The fraction of sp³-hybridized carbons (Fsp3) is 0.368. The van der Waals surface area contributed by atoms with Gasteiger partial charge in [-0.3, -0.25) is 4.79 Å². The minimum absolute atomic E-state index is 0.151. The Hall–Kier alpha value is -2.96. The number of carbonyl (C=O) groups excluding carboxylic acids is 2. The average Bonchev–Trinajstić information content (AvgIpc) is 2.62. The molecule has 0 atom stereocenters. The first kappa shape index (κ1) is 19.4. The van der Waals surface area contributed by atoms with Crippen molar-refractivity contribution in [2.45, 2.75) is 27.7 Å². The highest BCUT2D eigenvalue weighted by Gasteiger charge is 2.17. The van der Waals surface area contributed by atoms with Crippen LogP contribution in [0.2, 0.25) is 0 Å². The Morgan fingerprint density at radius 1 is 1.12 bits per heavy atom. The lowest BCUT2D eigenvalue weighted by Crippen LogP contribution is -2.31. The average molecular weight is 356 g/mol. The van der Waals surface area contributed by atoms with Gasteiger partial charge in [0.25, 0.3) is 5.91 Å². The molecule has 138 valence electrons. The van der Waals surface area contributed by atoms with Gasteiger partial charge in [-0.1, -0.05) is 12.1 Å². The maximum Gasteiger partial charge on any atom is 0.340 e. The van der Waals surface area contributed by atoms with Gasteiger partial charge in [0.15, 0.2) is 0 Å². The van der Waals surface area contributed by atoms with E-state index in [-0.39, 0.29) is 5.91 Å². The number of aryl methyl sites for hydroxylation is 1. The number of aromatic nitrogens is 2. The van der Waals surface area contributed by atoms with Crippen molar-refractivity contribution >= 4 is 23.4 Å². The molecule has 0 bridgehead atoms. The summed E-state index contributed by atoms with van der Waals surface area (Å²) in [5, 5.41) is 3.10. The first-order chi connectivity index (χ1) is 12.5. The Kier molecular flexibility index (Phi) is 6.66. The predicted octanol–water partition coefficient (Wildman–Crippen LogP) is 3.19. The van der Waals surface area contributed by atoms with Crippen LogP contribution in [-0.4, -0.2) is 46.4 Å². The molecule has 0 saturated heterocycles. The van der Waals surface area contributed by atoms with Gasteiger partial charge in [0.05, 0.1) is 17.9 Å². The molecule has 1 aromatic heterocycles. The molecule has 1 N–H and O–H groups in total. The second-order valence-corrected chi connectivity index (χ2v) is 5.55. The number of anilines is 2. The smallest absolute Gasteiger partial charge is 0.340 e. The number of ether oxygens (including phenoxy) is 1. The lowest BCUT2D eigenvalue weighted by atomic mass is 10.2. The van der Waals surface area contributed by atoms with Gasteiger partial charge in [-0.25, -0.2) is 14.8 Å². The molecular formula is C19H24N4O3. The fourth-order valence-electron chi connectivity index (χ4n) is 2.53. The van der Waals surface area contributed by atoms with Crippen LogP contribution < -0.4 is 5.32 Å². The third-order valence-electron chi connectivity index (χ3n) is 3.79. The number of amides is 1. The molecule has 0 aliphatic rings. The molecule has 7 heteroatoms. The SMILES string of the molecule is CCOC(=O)c1ccccc1Nc1cc(C(=O)N(CC)CC)nc(C)n1. The summed E-state index contributed by atoms with van der Waals surface area (Å²) < 4.78 is 5.08. The number of nitrogens with zero attached hydrogens (tertiary/aromatic N) is 3. The maximum atomic E-state index is 12.6. The fourth-order valence-corrected chi connectivity index (χ4v) is 2.53. The third kappa shape index (κ3) is 4.56. The van der Waals surface area contributed by atoms with E-state index in [1.807, 2.05) is 13.8 Å². The van der Waals surface area contributed by atoms with Crippen LogP contribution in [0.3, 0.4) is 0 Å². The first-order valence-corrected chi connectivity index (χ1v) is 8.68. The molecule has 2 aromatic rings. The van der Waals surface area contributed by atoms with Crippen LogP contribution in [0.5, 0.6) is 0 Å². The second-order valence-electron chi connectivity index (χ2n) is 5.55. The molecule has 0 aliphatic heterocycles. The predicted molar refractivity (Wildman–Crippen MR) is 99.7 cm³/mol. The largest absolute Gasteiger partial charge is 0.462 e. The molecule has 1 heterocycles. The van der Waals surface area contributed by atoms with Gasteiger partial charge in [0.1, 0.15) is 17.3 Å². The second kappa shape index (κ2) is 8.94. The van der Waals surface area contributed by atoms with Crippen LogP contribution in [0.1, 0.15) is 47.4 Å². The molecule has 0 unspecified atom stereocenters. The summed E-state index contributed by atoms with van der Waals surface area (Å²) in [6.07, 6.45) is 0. The van der Waals surface area contributed by atoms with E-state index >= 15 is 0 Å². The minimum atomic E-state index is -0.416. The van der Waals surface area contributed by atoms with Crippen LogP contribution in [0, 0.1) is 6.92 Å². The summed E-state index contributed by atoms with van der Waals surface area (Å²) >= 11 is 0. The number of rotatable bonds is 7. The zero-order chi connectivity index (χ0) is 19.1. The van der Waals surface area contributed by atoms with E-state index in [0.29, 0.717) is 48.3 Å². The summed E-state index contributed by atoms with van der Waals surface area (Å²) in [6.45, 7) is 8.82. The molecule has 26 heavy (non-hydrogen) atoms. The molecule has 0 fully saturated rings. The van der Waals surface area contributed by atoms with Gasteiger partial charge < -0.3 is 15.0 Å². The minimum Gasteiger partial charge on any atom is -0.462 e. The lowest BCUT2D eigenvalue weighted by molar-refractivity contribution is 0.0527. The molecule has 0 radical (unpaired) electrons. The summed E-state index contributed by atoms with van der Waals surface area (Å²) in [6, 6.07) is 8.60. The number of hydrogen-bond donors (Lipinski definition) is 1. The summed E-state index contributed by atoms with van der Waals surface area (Å²) in [5.74, 6) is 0.354. The number of nitrogens with one attached hydrogen (secondary N) is 1. The van der Waals surface area contributed by atoms with E-state index in [2.05, 4.69) is 15.3 Å². The van der Waals surface area contributed by atoms with E-state index < -0.39 is 5.97 Å². The van der Waals surface area contributed by atoms with Gasteiger partial charge in [0.2, 0.25) is 0 Å². The summed E-state index contributed by atoms with van der Waals surface area (Å²) in [5.41, 5.74) is 1.28. The first-order valence-electron chi connectivity index (χ1n) is 8.68. The van der Waals surface area contributed by atoms with Crippen molar-refractivity contribution in [3.8, 4) is 0 Å². The lowest BCUT2D eigenvalue weighted by Gasteiger charge is -2.18. The molecule has 0 aliphatic carbocycles. The van der Waals surface area contributed by atoms with Crippen LogP contribution in [0.15, 0.2) is 30.3 Å². The van der Waals surface area contributed by atoms with E-state index in [1.54, 1.807) is 49.1 Å². The van der Waals surface area contributed by atoms with E-state index in [0.717, 1.165) is 0 Å². The van der Waals surface area contributed by atoms with Crippen LogP contribution in [-0.2, 0) is 4.74 Å². The molecule has 1 aromatic carbocycles. The molecule has 1 amide bonds. The van der Waals surface area contributed by atoms with Crippen LogP contribution in [0.25, 0.3) is 0 Å². The molecule has 0 saturated carbocycles. The number of esters is 1. The van der Waals surface area contributed by atoms with Gasteiger partial charge in [-0.05, 0) is 39.8 Å². The molecule has 7 nitrogen and oxygen atoms in total. The topological polar surface area (TPSA) is 84.4 Å². The third-order valence-corrected chi connectivity index (χ3v) is 3.79. The van der Waals surface area contributed by atoms with E-state index in [9.17, 15) is 9.59 Å². The van der Waals surface area contributed by atoms with Gasteiger partial charge in [-0.2, -0.15) is 0 Å². The highest BCUT2D eigenvalue weighted by atomic mass is 16.5. The maximum absolute atomic E-state index is 12.6. The van der Waals surface area contributed by atoms with E-state index in [1.165, 1.54) is 0 Å². The van der Waals surface area contributed by atoms with Gasteiger partial charge in [0, 0.05) is 19.2 Å². The van der Waals surface area contributed by atoms with Gasteiger partial charge in [-0.15, -0.1) is 0 Å².